The van der Waals surface area contributed by atoms with E-state index in [1.54, 1.807) is 18.7 Å². The van der Waals surface area contributed by atoms with Crippen LogP contribution in [0.3, 0.4) is 0 Å². The zero-order valence-electron chi connectivity index (χ0n) is 15.7. The molecule has 142 valence electrons. The van der Waals surface area contributed by atoms with Gasteiger partial charge in [-0.1, -0.05) is 42.1 Å². The average molecular weight is 384 g/mol. The second-order valence-electron chi connectivity index (χ2n) is 6.62. The number of hydrogen-bond donors (Lipinski definition) is 1. The van der Waals surface area contributed by atoms with Crippen molar-refractivity contribution in [1.82, 2.24) is 9.80 Å². The standard InChI is InChI=1S/C21H25N3O2S/c1-16(23-12-14-24(15-13-23)17(2)25)21(26)22-19-10-6-7-11-20(19)27-18-8-4-3-5-9-18/h3-11,16H,12-15H2,1-2H3,(H,22,26). The van der Waals surface area contributed by atoms with E-state index in [0.717, 1.165) is 15.5 Å². The highest BCUT2D eigenvalue weighted by Crippen LogP contribution is 2.33. The summed E-state index contributed by atoms with van der Waals surface area (Å²) in [5.74, 6) is 0.0750. The number of nitrogens with one attached hydrogen (secondary N) is 1. The van der Waals surface area contributed by atoms with Gasteiger partial charge in [-0.25, -0.2) is 0 Å². The van der Waals surface area contributed by atoms with E-state index in [1.807, 2.05) is 54.3 Å². The maximum atomic E-state index is 12.8. The second-order valence-corrected chi connectivity index (χ2v) is 7.73. The number of benzene rings is 2. The maximum absolute atomic E-state index is 12.8. The molecular weight excluding hydrogens is 358 g/mol. The number of amides is 2. The summed E-state index contributed by atoms with van der Waals surface area (Å²) in [5.41, 5.74) is 0.825. The highest BCUT2D eigenvalue weighted by Gasteiger charge is 2.26. The Balaban J connectivity index is 1.63. The van der Waals surface area contributed by atoms with E-state index in [1.165, 1.54) is 0 Å². The van der Waals surface area contributed by atoms with Crippen LogP contribution in [0.4, 0.5) is 5.69 Å². The minimum Gasteiger partial charge on any atom is -0.340 e. The minimum atomic E-state index is -0.242. The van der Waals surface area contributed by atoms with Crippen LogP contribution in [0.25, 0.3) is 0 Å². The predicted molar refractivity (Wildman–Crippen MR) is 109 cm³/mol. The molecule has 2 aromatic rings. The molecule has 3 rings (SSSR count). The third-order valence-electron chi connectivity index (χ3n) is 4.80. The van der Waals surface area contributed by atoms with Crippen LogP contribution in [0.2, 0.25) is 0 Å². The van der Waals surface area contributed by atoms with Gasteiger partial charge in [-0.15, -0.1) is 0 Å². The van der Waals surface area contributed by atoms with Crippen molar-refractivity contribution in [2.75, 3.05) is 31.5 Å². The van der Waals surface area contributed by atoms with Gasteiger partial charge in [0.1, 0.15) is 0 Å². The summed E-state index contributed by atoms with van der Waals surface area (Å²) in [7, 11) is 0. The first-order valence-corrected chi connectivity index (χ1v) is 9.98. The van der Waals surface area contributed by atoms with Gasteiger partial charge in [-0.2, -0.15) is 0 Å². The lowest BCUT2D eigenvalue weighted by Crippen LogP contribution is -2.53. The zero-order chi connectivity index (χ0) is 19.2. The van der Waals surface area contributed by atoms with Crippen molar-refractivity contribution in [1.29, 1.82) is 0 Å². The number of piperazine rings is 1. The fraction of sp³-hybridized carbons (Fsp3) is 0.333. The Bertz CT molecular complexity index is 789. The molecule has 1 saturated heterocycles. The van der Waals surface area contributed by atoms with Gasteiger partial charge < -0.3 is 10.2 Å². The fourth-order valence-corrected chi connectivity index (χ4v) is 4.02. The van der Waals surface area contributed by atoms with Crippen molar-refractivity contribution in [2.24, 2.45) is 0 Å². The lowest BCUT2D eigenvalue weighted by Gasteiger charge is -2.37. The Morgan fingerprint density at radius 3 is 2.26 bits per heavy atom. The lowest BCUT2D eigenvalue weighted by molar-refractivity contribution is -0.131. The molecule has 1 fully saturated rings. The molecule has 1 N–H and O–H groups in total. The minimum absolute atomic E-state index is 0.0209. The van der Waals surface area contributed by atoms with E-state index in [4.69, 9.17) is 0 Å². The summed E-state index contributed by atoms with van der Waals surface area (Å²) in [6.45, 7) is 6.29. The van der Waals surface area contributed by atoms with E-state index in [-0.39, 0.29) is 17.9 Å². The second kappa shape index (κ2) is 9.06. The highest BCUT2D eigenvalue weighted by molar-refractivity contribution is 7.99. The van der Waals surface area contributed by atoms with Crippen molar-refractivity contribution in [3.8, 4) is 0 Å². The molecule has 0 aromatic heterocycles. The Hall–Kier alpha value is -2.31. The third kappa shape index (κ3) is 5.11. The van der Waals surface area contributed by atoms with Gasteiger partial charge >= 0.3 is 0 Å². The maximum Gasteiger partial charge on any atom is 0.241 e. The molecule has 0 aliphatic carbocycles. The molecular formula is C21H25N3O2S. The van der Waals surface area contributed by atoms with Gasteiger partial charge in [-0.05, 0) is 31.2 Å². The number of hydrogen-bond acceptors (Lipinski definition) is 4. The molecule has 1 atom stereocenters. The molecule has 2 amide bonds. The first-order valence-electron chi connectivity index (χ1n) is 9.17. The van der Waals surface area contributed by atoms with E-state index in [9.17, 15) is 9.59 Å². The van der Waals surface area contributed by atoms with Gasteiger partial charge in [0.05, 0.1) is 11.7 Å². The van der Waals surface area contributed by atoms with Crippen molar-refractivity contribution >= 4 is 29.3 Å². The average Bonchev–Trinajstić information content (AvgIpc) is 2.69. The van der Waals surface area contributed by atoms with Crippen LogP contribution >= 0.6 is 11.8 Å². The molecule has 2 aromatic carbocycles. The number of nitrogens with zero attached hydrogens (tertiary/aromatic N) is 2. The number of carbonyl (C=O) groups excluding carboxylic acids is 2. The molecule has 5 nitrogen and oxygen atoms in total. The van der Waals surface area contributed by atoms with Gasteiger partial charge in [0.15, 0.2) is 0 Å². The summed E-state index contributed by atoms with van der Waals surface area (Å²) in [6.07, 6.45) is 0. The normalized spacial score (nSPS) is 16.0. The van der Waals surface area contributed by atoms with E-state index in [2.05, 4.69) is 22.3 Å². The van der Waals surface area contributed by atoms with Crippen LogP contribution in [0, 0.1) is 0 Å². The number of para-hydroxylation sites is 1. The molecule has 0 bridgehead atoms. The van der Waals surface area contributed by atoms with Crippen molar-refractivity contribution < 1.29 is 9.59 Å². The molecule has 0 radical (unpaired) electrons. The molecule has 6 heteroatoms. The first-order chi connectivity index (χ1) is 13.0. The van der Waals surface area contributed by atoms with Crippen LogP contribution in [0.1, 0.15) is 13.8 Å². The number of carbonyl (C=O) groups is 2. The van der Waals surface area contributed by atoms with Crippen LogP contribution in [0.15, 0.2) is 64.4 Å². The smallest absolute Gasteiger partial charge is 0.241 e. The van der Waals surface area contributed by atoms with Crippen molar-refractivity contribution in [3.63, 3.8) is 0 Å². The zero-order valence-corrected chi connectivity index (χ0v) is 16.5. The predicted octanol–water partition coefficient (Wildman–Crippen LogP) is 3.33. The molecule has 0 spiro atoms. The van der Waals surface area contributed by atoms with Crippen LogP contribution in [-0.2, 0) is 9.59 Å². The summed E-state index contributed by atoms with van der Waals surface area (Å²) < 4.78 is 0. The first kappa shape index (κ1) is 19.5. The summed E-state index contributed by atoms with van der Waals surface area (Å²) in [6, 6.07) is 17.7. The molecule has 1 aliphatic rings. The Morgan fingerprint density at radius 1 is 0.963 bits per heavy atom. The SMILES string of the molecule is CC(=O)N1CCN(C(C)C(=O)Nc2ccccc2Sc2ccccc2)CC1. The highest BCUT2D eigenvalue weighted by atomic mass is 32.2. The van der Waals surface area contributed by atoms with Crippen LogP contribution in [0.5, 0.6) is 0 Å². The number of rotatable bonds is 5. The fourth-order valence-electron chi connectivity index (χ4n) is 3.10. The van der Waals surface area contributed by atoms with E-state index in [0.29, 0.717) is 26.2 Å². The Morgan fingerprint density at radius 2 is 1.59 bits per heavy atom. The third-order valence-corrected chi connectivity index (χ3v) is 5.89. The quantitative estimate of drug-likeness (QED) is 0.861. The lowest BCUT2D eigenvalue weighted by atomic mass is 10.2. The van der Waals surface area contributed by atoms with E-state index >= 15 is 0 Å². The van der Waals surface area contributed by atoms with Gasteiger partial charge in [0.25, 0.3) is 0 Å². The Labute approximate surface area is 164 Å². The molecule has 27 heavy (non-hydrogen) atoms. The molecule has 0 saturated carbocycles. The van der Waals surface area contributed by atoms with Crippen LogP contribution < -0.4 is 5.32 Å². The van der Waals surface area contributed by atoms with Crippen molar-refractivity contribution in [2.45, 2.75) is 29.7 Å². The van der Waals surface area contributed by atoms with Gasteiger partial charge in [0, 0.05) is 42.9 Å². The summed E-state index contributed by atoms with van der Waals surface area (Å²) in [5, 5.41) is 3.08. The van der Waals surface area contributed by atoms with Crippen LogP contribution in [-0.4, -0.2) is 53.8 Å². The Kier molecular flexibility index (Phi) is 6.53. The topological polar surface area (TPSA) is 52.7 Å². The monoisotopic (exact) mass is 383 g/mol. The molecule has 1 heterocycles. The van der Waals surface area contributed by atoms with E-state index < -0.39 is 0 Å². The summed E-state index contributed by atoms with van der Waals surface area (Å²) >= 11 is 1.63. The molecule has 1 aliphatic heterocycles. The summed E-state index contributed by atoms with van der Waals surface area (Å²) in [4.78, 5) is 30.4. The van der Waals surface area contributed by atoms with Gasteiger partial charge in [-0.3, -0.25) is 14.5 Å². The number of anilines is 1. The molecule has 1 unspecified atom stereocenters. The van der Waals surface area contributed by atoms with Crippen molar-refractivity contribution in [3.05, 3.63) is 54.6 Å². The largest absolute Gasteiger partial charge is 0.340 e. The van der Waals surface area contributed by atoms with Gasteiger partial charge in [0.2, 0.25) is 11.8 Å².